The summed E-state index contributed by atoms with van der Waals surface area (Å²) >= 11 is 0. The molecule has 0 N–H and O–H groups in total. The van der Waals surface area contributed by atoms with Gasteiger partial charge in [0, 0.05) is 32.8 Å². The van der Waals surface area contributed by atoms with Gasteiger partial charge < -0.3 is 4.74 Å². The number of ketones is 1. The second-order valence-electron chi connectivity index (χ2n) is 7.33. The molecular weight excluding hydrogens is 344 g/mol. The quantitative estimate of drug-likeness (QED) is 0.729. The Morgan fingerprint density at radius 1 is 0.962 bits per heavy atom. The Bertz CT molecular complexity index is 769. The first-order valence-corrected chi connectivity index (χ1v) is 10.7. The van der Waals surface area contributed by atoms with Crippen molar-refractivity contribution in [3.05, 3.63) is 65.7 Å². The highest BCUT2D eigenvalue weighted by Gasteiger charge is 2.40. The number of ether oxygens (including phenoxy) is 1. The van der Waals surface area contributed by atoms with Crippen molar-refractivity contribution in [2.45, 2.75) is 49.2 Å². The fraction of sp³-hybridized carbons (Fsp3) is 0.409. The summed E-state index contributed by atoms with van der Waals surface area (Å²) in [6, 6.07) is 17.5. The van der Waals surface area contributed by atoms with E-state index in [0.717, 1.165) is 49.0 Å². The van der Waals surface area contributed by atoms with Gasteiger partial charge in [0.15, 0.2) is 5.78 Å². The van der Waals surface area contributed by atoms with Crippen molar-refractivity contribution >= 4 is 16.6 Å². The molecule has 0 aliphatic carbocycles. The van der Waals surface area contributed by atoms with Gasteiger partial charge in [0.05, 0.1) is 0 Å². The minimum absolute atomic E-state index is 0.0269. The molecule has 2 heterocycles. The van der Waals surface area contributed by atoms with Gasteiger partial charge in [-0.3, -0.25) is 9.00 Å². The van der Waals surface area contributed by atoms with Gasteiger partial charge in [0.1, 0.15) is 12.4 Å². The highest BCUT2D eigenvalue weighted by Crippen LogP contribution is 2.38. The summed E-state index contributed by atoms with van der Waals surface area (Å²) in [6.45, 7) is 0.520. The smallest absolute Gasteiger partial charge is 0.166 e. The predicted octanol–water partition coefficient (Wildman–Crippen LogP) is 4.53. The van der Waals surface area contributed by atoms with Crippen molar-refractivity contribution in [2.24, 2.45) is 5.92 Å². The van der Waals surface area contributed by atoms with Crippen LogP contribution in [0, 0.1) is 5.92 Å². The number of fused-ring (bicyclic) bond motifs is 2. The fourth-order valence-corrected chi connectivity index (χ4v) is 6.33. The Balaban J connectivity index is 1.39. The standard InChI is InChI=1S/C22H24O3S/c23-22(18-13-20-7-4-8-21(14-18)26(20)24)17-9-11-19(12-10-17)25-15-16-5-2-1-3-6-16/h1-3,5-6,9-12,18,20-21H,4,7-8,13-15H2. The molecule has 2 saturated heterocycles. The van der Waals surface area contributed by atoms with Crippen molar-refractivity contribution in [2.75, 3.05) is 0 Å². The molecule has 2 aromatic carbocycles. The molecule has 2 aliphatic rings. The first-order valence-electron chi connectivity index (χ1n) is 9.41. The van der Waals surface area contributed by atoms with Crippen LogP contribution in [0.25, 0.3) is 0 Å². The average molecular weight is 368 g/mol. The van der Waals surface area contributed by atoms with Crippen LogP contribution < -0.4 is 4.74 Å². The van der Waals surface area contributed by atoms with E-state index in [1.165, 1.54) is 0 Å². The summed E-state index contributed by atoms with van der Waals surface area (Å²) in [5.74, 6) is 0.999. The molecule has 2 aliphatic heterocycles. The molecule has 0 saturated carbocycles. The van der Waals surface area contributed by atoms with Crippen LogP contribution in [0.2, 0.25) is 0 Å². The topological polar surface area (TPSA) is 43.4 Å². The highest BCUT2D eigenvalue weighted by atomic mass is 32.2. The van der Waals surface area contributed by atoms with Crippen LogP contribution >= 0.6 is 0 Å². The van der Waals surface area contributed by atoms with Gasteiger partial charge in [-0.1, -0.05) is 36.8 Å². The molecule has 2 atom stereocenters. The van der Waals surface area contributed by atoms with Crippen molar-refractivity contribution in [3.63, 3.8) is 0 Å². The number of rotatable bonds is 5. The van der Waals surface area contributed by atoms with E-state index in [-0.39, 0.29) is 22.2 Å². The Hall–Kier alpha value is -1.94. The van der Waals surface area contributed by atoms with Crippen LogP contribution in [-0.2, 0) is 17.4 Å². The Morgan fingerprint density at radius 2 is 1.62 bits per heavy atom. The number of Topliss-reactive ketones (excluding diaryl/α,β-unsaturated/α-hetero) is 1. The van der Waals surface area contributed by atoms with Gasteiger partial charge in [-0.05, 0) is 55.5 Å². The zero-order valence-corrected chi connectivity index (χ0v) is 15.6. The first-order chi connectivity index (χ1) is 12.7. The van der Waals surface area contributed by atoms with Gasteiger partial charge in [-0.15, -0.1) is 0 Å². The zero-order valence-electron chi connectivity index (χ0n) is 14.8. The van der Waals surface area contributed by atoms with E-state index in [1.807, 2.05) is 54.6 Å². The second-order valence-corrected chi connectivity index (χ2v) is 9.33. The van der Waals surface area contributed by atoms with Crippen molar-refractivity contribution < 1.29 is 13.7 Å². The first kappa shape index (κ1) is 17.5. The maximum atomic E-state index is 12.9. The zero-order chi connectivity index (χ0) is 17.9. The third-order valence-electron chi connectivity index (χ3n) is 5.56. The maximum absolute atomic E-state index is 12.9. The molecule has 2 unspecified atom stereocenters. The van der Waals surface area contributed by atoms with E-state index in [0.29, 0.717) is 6.61 Å². The molecule has 136 valence electrons. The average Bonchev–Trinajstić information content (AvgIpc) is 2.67. The van der Waals surface area contributed by atoms with Gasteiger partial charge in [-0.2, -0.15) is 0 Å². The number of carbonyl (C=O) groups excluding carboxylic acids is 1. The van der Waals surface area contributed by atoms with Crippen molar-refractivity contribution in [1.82, 2.24) is 0 Å². The van der Waals surface area contributed by atoms with E-state index in [4.69, 9.17) is 4.74 Å². The minimum Gasteiger partial charge on any atom is -0.489 e. The van der Waals surface area contributed by atoms with E-state index < -0.39 is 10.8 Å². The van der Waals surface area contributed by atoms with Crippen LogP contribution in [0.1, 0.15) is 48.0 Å². The second kappa shape index (κ2) is 7.75. The van der Waals surface area contributed by atoms with Gasteiger partial charge in [-0.25, -0.2) is 0 Å². The van der Waals surface area contributed by atoms with Gasteiger partial charge in [0.2, 0.25) is 0 Å². The third kappa shape index (κ3) is 3.75. The Kier molecular flexibility index (Phi) is 5.21. The summed E-state index contributed by atoms with van der Waals surface area (Å²) in [7, 11) is -0.726. The van der Waals surface area contributed by atoms with Crippen molar-refractivity contribution in [1.29, 1.82) is 0 Å². The monoisotopic (exact) mass is 368 g/mol. The molecule has 2 bridgehead atoms. The lowest BCUT2D eigenvalue weighted by molar-refractivity contribution is 0.0895. The van der Waals surface area contributed by atoms with Gasteiger partial charge >= 0.3 is 0 Å². The van der Waals surface area contributed by atoms with Gasteiger partial charge in [0.25, 0.3) is 0 Å². The predicted molar refractivity (Wildman–Crippen MR) is 104 cm³/mol. The summed E-state index contributed by atoms with van der Waals surface area (Å²) < 4.78 is 18.1. The minimum atomic E-state index is -0.726. The summed E-state index contributed by atoms with van der Waals surface area (Å²) in [5, 5.41) is 0.454. The number of hydrogen-bond acceptors (Lipinski definition) is 3. The molecule has 0 amide bonds. The van der Waals surface area contributed by atoms with Crippen LogP contribution in [0.15, 0.2) is 54.6 Å². The van der Waals surface area contributed by atoms with E-state index in [1.54, 1.807) is 0 Å². The van der Waals surface area contributed by atoms with Crippen LogP contribution in [0.4, 0.5) is 0 Å². The van der Waals surface area contributed by atoms with Crippen LogP contribution in [-0.4, -0.2) is 20.5 Å². The maximum Gasteiger partial charge on any atom is 0.166 e. The summed E-state index contributed by atoms with van der Waals surface area (Å²) in [5.41, 5.74) is 1.86. The molecule has 0 radical (unpaired) electrons. The van der Waals surface area contributed by atoms with E-state index >= 15 is 0 Å². The molecule has 0 spiro atoms. The van der Waals surface area contributed by atoms with Crippen molar-refractivity contribution in [3.8, 4) is 5.75 Å². The molecule has 0 aromatic heterocycles. The Labute approximate surface area is 157 Å². The SMILES string of the molecule is O=C(c1ccc(OCc2ccccc2)cc1)C1CC2CCCC(C1)S2=O. The fourth-order valence-electron chi connectivity index (χ4n) is 4.14. The normalized spacial score (nSPS) is 27.7. The van der Waals surface area contributed by atoms with Crippen LogP contribution in [0.3, 0.4) is 0 Å². The molecule has 26 heavy (non-hydrogen) atoms. The lowest BCUT2D eigenvalue weighted by Crippen LogP contribution is -2.41. The largest absolute Gasteiger partial charge is 0.489 e. The lowest BCUT2D eigenvalue weighted by atomic mass is 9.84. The molecular formula is C22H24O3S. The Morgan fingerprint density at radius 3 is 2.27 bits per heavy atom. The molecule has 2 aromatic rings. The van der Waals surface area contributed by atoms with E-state index in [9.17, 15) is 9.00 Å². The van der Waals surface area contributed by atoms with Crippen LogP contribution in [0.5, 0.6) is 5.75 Å². The third-order valence-corrected chi connectivity index (χ3v) is 7.73. The number of benzene rings is 2. The molecule has 4 rings (SSSR count). The van der Waals surface area contributed by atoms with E-state index in [2.05, 4.69) is 0 Å². The number of hydrogen-bond donors (Lipinski definition) is 0. The summed E-state index contributed by atoms with van der Waals surface area (Å²) in [6.07, 6.45) is 4.76. The number of carbonyl (C=O) groups is 1. The molecule has 4 heteroatoms. The molecule has 3 nitrogen and oxygen atoms in total. The lowest BCUT2D eigenvalue weighted by Gasteiger charge is -2.37. The highest BCUT2D eigenvalue weighted by molar-refractivity contribution is 7.86. The molecule has 2 fully saturated rings. The summed E-state index contributed by atoms with van der Waals surface area (Å²) in [4.78, 5) is 12.9.